The number of aldehydes is 1. The lowest BCUT2D eigenvalue weighted by Gasteiger charge is -2.01. The molecule has 2 heterocycles. The lowest BCUT2D eigenvalue weighted by atomic mass is 10.4. The zero-order chi connectivity index (χ0) is 12.4. The number of aromatic nitrogens is 3. The summed E-state index contributed by atoms with van der Waals surface area (Å²) >= 11 is 5.97. The predicted molar refractivity (Wildman–Crippen MR) is 66.1 cm³/mol. The van der Waals surface area contributed by atoms with E-state index in [2.05, 4.69) is 19.9 Å². The van der Waals surface area contributed by atoms with Gasteiger partial charge >= 0.3 is 0 Å². The fourth-order valence-corrected chi connectivity index (χ4v) is 1.49. The molecule has 2 aromatic heterocycles. The van der Waals surface area contributed by atoms with E-state index in [9.17, 15) is 4.79 Å². The van der Waals surface area contributed by atoms with Crippen LogP contribution in [0.5, 0.6) is 0 Å². The Labute approximate surface area is 102 Å². The van der Waals surface area contributed by atoms with E-state index in [0.29, 0.717) is 23.0 Å². The van der Waals surface area contributed by atoms with Gasteiger partial charge < -0.3 is 9.88 Å². The second-order valence-electron chi connectivity index (χ2n) is 3.63. The molecule has 2 aromatic rings. The number of aromatic amines is 1. The Kier molecular flexibility index (Phi) is 3.06. The van der Waals surface area contributed by atoms with E-state index in [1.165, 1.54) is 0 Å². The van der Waals surface area contributed by atoms with Crippen LogP contribution in [0.2, 0.25) is 5.15 Å². The summed E-state index contributed by atoms with van der Waals surface area (Å²) in [6.07, 6.45) is 2.27. The highest BCUT2D eigenvalue weighted by molar-refractivity contribution is 6.34. The molecule has 7 heteroatoms. The SMILES string of the molecule is CN(C)/C=N/c1nc(Cl)c2cc(C=O)[nH]c2n1. The molecule has 0 saturated heterocycles. The van der Waals surface area contributed by atoms with Gasteiger partial charge in [-0.3, -0.25) is 4.79 Å². The van der Waals surface area contributed by atoms with Crippen LogP contribution in [0.3, 0.4) is 0 Å². The molecule has 0 radical (unpaired) electrons. The molecule has 0 aromatic carbocycles. The summed E-state index contributed by atoms with van der Waals surface area (Å²) in [5.41, 5.74) is 0.906. The van der Waals surface area contributed by atoms with E-state index < -0.39 is 0 Å². The van der Waals surface area contributed by atoms with Gasteiger partial charge in [-0.15, -0.1) is 0 Å². The van der Waals surface area contributed by atoms with Crippen molar-refractivity contribution in [1.82, 2.24) is 19.9 Å². The van der Waals surface area contributed by atoms with Gasteiger partial charge in [-0.05, 0) is 6.07 Å². The molecule has 0 aliphatic carbocycles. The average Bonchev–Trinajstić information content (AvgIpc) is 2.70. The number of nitrogens with one attached hydrogen (secondary N) is 1. The van der Waals surface area contributed by atoms with E-state index in [1.54, 1.807) is 17.3 Å². The van der Waals surface area contributed by atoms with E-state index in [4.69, 9.17) is 11.6 Å². The first-order valence-corrected chi connectivity index (χ1v) is 5.20. The van der Waals surface area contributed by atoms with Crippen molar-refractivity contribution >= 4 is 41.2 Å². The van der Waals surface area contributed by atoms with Gasteiger partial charge in [0.2, 0.25) is 0 Å². The van der Waals surface area contributed by atoms with Gasteiger partial charge in [-0.2, -0.15) is 9.97 Å². The Bertz CT molecular complexity index is 590. The van der Waals surface area contributed by atoms with Crippen molar-refractivity contribution in [3.05, 3.63) is 16.9 Å². The normalized spacial score (nSPS) is 11.2. The molecule has 0 fully saturated rings. The van der Waals surface area contributed by atoms with Crippen molar-refractivity contribution in [2.45, 2.75) is 0 Å². The molecule has 2 rings (SSSR count). The maximum Gasteiger partial charge on any atom is 0.254 e. The molecule has 0 amide bonds. The highest BCUT2D eigenvalue weighted by Crippen LogP contribution is 2.23. The standard InChI is InChI=1S/C10H10ClN5O/c1-16(2)5-12-10-14-8(11)7-3-6(4-17)13-9(7)15-10/h3-5H,1-2H3,(H,13,14,15)/b12-5+. The summed E-state index contributed by atoms with van der Waals surface area (Å²) in [7, 11) is 3.67. The molecule has 0 saturated carbocycles. The van der Waals surface area contributed by atoms with Crippen LogP contribution in [0, 0.1) is 0 Å². The molecule has 6 nitrogen and oxygen atoms in total. The maximum atomic E-state index is 10.6. The number of halogens is 1. The first-order chi connectivity index (χ1) is 8.10. The highest BCUT2D eigenvalue weighted by Gasteiger charge is 2.08. The largest absolute Gasteiger partial charge is 0.369 e. The number of hydrogen-bond donors (Lipinski definition) is 1. The van der Waals surface area contributed by atoms with Gasteiger partial charge in [-0.25, -0.2) is 4.99 Å². The molecular weight excluding hydrogens is 242 g/mol. The third-order valence-electron chi connectivity index (χ3n) is 1.98. The number of fused-ring (bicyclic) bond motifs is 1. The maximum absolute atomic E-state index is 10.6. The summed E-state index contributed by atoms with van der Waals surface area (Å²) in [5.74, 6) is 0.246. The van der Waals surface area contributed by atoms with Crippen LogP contribution in [0.25, 0.3) is 11.0 Å². The monoisotopic (exact) mass is 251 g/mol. The second kappa shape index (κ2) is 4.50. The quantitative estimate of drug-likeness (QED) is 0.390. The lowest BCUT2D eigenvalue weighted by molar-refractivity contribution is 0.112. The van der Waals surface area contributed by atoms with Crippen LogP contribution >= 0.6 is 11.6 Å². The summed E-state index contributed by atoms with van der Waals surface area (Å²) < 4.78 is 0. The smallest absolute Gasteiger partial charge is 0.254 e. The van der Waals surface area contributed by atoms with Gasteiger partial charge in [0.25, 0.3) is 5.95 Å². The summed E-state index contributed by atoms with van der Waals surface area (Å²) in [5, 5.41) is 0.878. The van der Waals surface area contributed by atoms with E-state index >= 15 is 0 Å². The zero-order valence-corrected chi connectivity index (χ0v) is 10.1. The van der Waals surface area contributed by atoms with Crippen LogP contribution in [0.1, 0.15) is 10.5 Å². The topological polar surface area (TPSA) is 74.2 Å². The number of hydrogen-bond acceptors (Lipinski definition) is 4. The van der Waals surface area contributed by atoms with Crippen LogP contribution in [-0.4, -0.2) is 46.6 Å². The zero-order valence-electron chi connectivity index (χ0n) is 9.31. The molecule has 1 N–H and O–H groups in total. The minimum Gasteiger partial charge on any atom is -0.369 e. The van der Waals surface area contributed by atoms with Gasteiger partial charge in [0.05, 0.1) is 17.4 Å². The third kappa shape index (κ3) is 2.42. The summed E-state index contributed by atoms with van der Waals surface area (Å²) in [6, 6.07) is 1.60. The molecule has 0 aliphatic heterocycles. The van der Waals surface area contributed by atoms with Crippen molar-refractivity contribution < 1.29 is 4.79 Å². The van der Waals surface area contributed by atoms with Gasteiger partial charge in [0, 0.05) is 14.1 Å². The number of carbonyl (C=O) groups is 1. The van der Waals surface area contributed by atoms with Crippen LogP contribution in [0.15, 0.2) is 11.1 Å². The van der Waals surface area contributed by atoms with Crippen molar-refractivity contribution in [2.24, 2.45) is 4.99 Å². The molecular formula is C10H10ClN5O. The number of carbonyl (C=O) groups excluding carboxylic acids is 1. The number of aliphatic imine (C=N–C) groups is 1. The molecule has 0 spiro atoms. The Morgan fingerprint density at radius 1 is 1.47 bits per heavy atom. The van der Waals surface area contributed by atoms with Crippen LogP contribution in [-0.2, 0) is 0 Å². The first kappa shape index (κ1) is 11.5. The molecule has 0 unspecified atom stereocenters. The first-order valence-electron chi connectivity index (χ1n) is 4.82. The van der Waals surface area contributed by atoms with Crippen molar-refractivity contribution in [2.75, 3.05) is 14.1 Å². The Balaban J connectivity index is 2.50. The highest BCUT2D eigenvalue weighted by atomic mass is 35.5. The Morgan fingerprint density at radius 2 is 2.24 bits per heavy atom. The van der Waals surface area contributed by atoms with E-state index in [0.717, 1.165) is 0 Å². The van der Waals surface area contributed by atoms with Crippen LogP contribution < -0.4 is 0 Å². The van der Waals surface area contributed by atoms with Crippen molar-refractivity contribution in [3.63, 3.8) is 0 Å². The molecule has 88 valence electrons. The fourth-order valence-electron chi connectivity index (χ4n) is 1.27. The van der Waals surface area contributed by atoms with Gasteiger partial charge in [-0.1, -0.05) is 11.6 Å². The van der Waals surface area contributed by atoms with Crippen molar-refractivity contribution in [3.8, 4) is 0 Å². The molecule has 0 bridgehead atoms. The van der Waals surface area contributed by atoms with Gasteiger partial charge in [0.15, 0.2) is 6.29 Å². The Hall–Kier alpha value is -1.95. The summed E-state index contributed by atoms with van der Waals surface area (Å²) in [6.45, 7) is 0. The minimum atomic E-state index is 0.246. The van der Waals surface area contributed by atoms with E-state index in [-0.39, 0.29) is 11.1 Å². The second-order valence-corrected chi connectivity index (χ2v) is 3.99. The third-order valence-corrected chi connectivity index (χ3v) is 2.27. The van der Waals surface area contributed by atoms with Gasteiger partial charge in [0.1, 0.15) is 10.8 Å². The van der Waals surface area contributed by atoms with E-state index in [1.807, 2.05) is 14.1 Å². The fraction of sp³-hybridized carbons (Fsp3) is 0.200. The summed E-state index contributed by atoms with van der Waals surface area (Å²) in [4.78, 5) is 27.4. The number of nitrogens with zero attached hydrogens (tertiary/aromatic N) is 4. The molecule has 17 heavy (non-hydrogen) atoms. The minimum absolute atomic E-state index is 0.246. The van der Waals surface area contributed by atoms with Crippen LogP contribution in [0.4, 0.5) is 5.95 Å². The average molecular weight is 252 g/mol. The predicted octanol–water partition coefficient (Wildman–Crippen LogP) is 1.65. The molecule has 0 aliphatic rings. The molecule has 0 atom stereocenters. The lowest BCUT2D eigenvalue weighted by Crippen LogP contribution is -2.07. The number of rotatable bonds is 3. The Morgan fingerprint density at radius 3 is 2.88 bits per heavy atom. The number of H-pyrrole nitrogens is 1. The van der Waals surface area contributed by atoms with Crippen molar-refractivity contribution in [1.29, 1.82) is 0 Å².